The Kier molecular flexibility index (Phi) is 7.14. The fourth-order valence-electron chi connectivity index (χ4n) is 4.09. The van der Waals surface area contributed by atoms with Gasteiger partial charge in [0.15, 0.2) is 5.75 Å². The van der Waals surface area contributed by atoms with Gasteiger partial charge in [0.05, 0.1) is 16.8 Å². The first kappa shape index (κ1) is 27.7. The molecule has 0 fully saturated rings. The molecule has 6 N–H and O–H groups in total. The van der Waals surface area contributed by atoms with Crippen molar-refractivity contribution in [2.45, 2.75) is 23.6 Å². The number of amides is 1. The number of nitrogens with one attached hydrogen (secondary N) is 1. The number of carbonyl (C=O) groups excluding carboxylic acids is 1. The van der Waals surface area contributed by atoms with Crippen molar-refractivity contribution >= 4 is 60.2 Å². The number of rotatable bonds is 7. The Morgan fingerprint density at radius 3 is 1.92 bits per heavy atom. The maximum absolute atomic E-state index is 11.9. The SMILES string of the molecule is Cc1cc(-c2ccc(NC=O)c(C)c2)ccc1N=Nc1ccc2c(S(=O)(=O)O)cc(S(=O)(=O)O)c(N)c2c1O. The van der Waals surface area contributed by atoms with Gasteiger partial charge in [0, 0.05) is 11.1 Å². The first-order chi connectivity index (χ1) is 18.2. The third-order valence-electron chi connectivity index (χ3n) is 6.01. The van der Waals surface area contributed by atoms with E-state index in [9.17, 15) is 35.8 Å². The third kappa shape index (κ3) is 5.44. The topological polar surface area (TPSA) is 209 Å². The molecule has 1 amide bonds. The number of nitrogens with two attached hydrogens (primary N) is 1. The lowest BCUT2D eigenvalue weighted by molar-refractivity contribution is -0.105. The molecule has 0 unspecified atom stereocenters. The summed E-state index contributed by atoms with van der Waals surface area (Å²) < 4.78 is 66.4. The molecule has 14 heteroatoms. The van der Waals surface area contributed by atoms with E-state index in [2.05, 4.69) is 15.5 Å². The predicted molar refractivity (Wildman–Crippen MR) is 145 cm³/mol. The second-order valence-corrected chi connectivity index (χ2v) is 11.4. The molecule has 0 aliphatic rings. The third-order valence-corrected chi connectivity index (χ3v) is 7.80. The van der Waals surface area contributed by atoms with Crippen molar-refractivity contribution in [1.82, 2.24) is 0 Å². The Morgan fingerprint density at radius 2 is 1.36 bits per heavy atom. The number of hydrogen-bond donors (Lipinski definition) is 5. The predicted octanol–water partition coefficient (Wildman–Crippen LogP) is 4.89. The van der Waals surface area contributed by atoms with Gasteiger partial charge in [-0.2, -0.15) is 21.9 Å². The minimum absolute atomic E-state index is 0.180. The van der Waals surface area contributed by atoms with Crippen molar-refractivity contribution in [2.75, 3.05) is 11.1 Å². The number of benzene rings is 4. The highest BCUT2D eigenvalue weighted by Crippen LogP contribution is 2.43. The van der Waals surface area contributed by atoms with Crippen LogP contribution in [0.2, 0.25) is 0 Å². The van der Waals surface area contributed by atoms with Gasteiger partial charge in [0.2, 0.25) is 6.41 Å². The fourth-order valence-corrected chi connectivity index (χ4v) is 5.52. The molecular formula is C25H22N4O8S2. The van der Waals surface area contributed by atoms with Crippen molar-refractivity contribution in [3.05, 3.63) is 65.7 Å². The summed E-state index contributed by atoms with van der Waals surface area (Å²) in [4.78, 5) is 8.83. The van der Waals surface area contributed by atoms with Crippen LogP contribution in [0.4, 0.5) is 22.7 Å². The average molecular weight is 571 g/mol. The summed E-state index contributed by atoms with van der Waals surface area (Å²) in [6, 6.07) is 13.8. The van der Waals surface area contributed by atoms with Gasteiger partial charge < -0.3 is 16.2 Å². The molecule has 39 heavy (non-hydrogen) atoms. The molecule has 0 radical (unpaired) electrons. The summed E-state index contributed by atoms with van der Waals surface area (Å²) in [5, 5.41) is 20.9. The van der Waals surface area contributed by atoms with Crippen LogP contribution in [0.5, 0.6) is 5.75 Å². The first-order valence-electron chi connectivity index (χ1n) is 11.1. The van der Waals surface area contributed by atoms with Gasteiger partial charge >= 0.3 is 0 Å². The molecule has 12 nitrogen and oxygen atoms in total. The Labute approximate surface area is 223 Å². The molecule has 0 aromatic heterocycles. The highest BCUT2D eigenvalue weighted by molar-refractivity contribution is 7.87. The molecule has 0 aliphatic heterocycles. The molecular weight excluding hydrogens is 548 g/mol. The zero-order chi connectivity index (χ0) is 28.7. The first-order valence-corrected chi connectivity index (χ1v) is 14.0. The molecule has 4 rings (SSSR count). The van der Waals surface area contributed by atoms with Crippen molar-refractivity contribution in [1.29, 1.82) is 0 Å². The van der Waals surface area contributed by atoms with Crippen molar-refractivity contribution in [3.8, 4) is 16.9 Å². The maximum Gasteiger partial charge on any atom is 0.296 e. The summed E-state index contributed by atoms with van der Waals surface area (Å²) >= 11 is 0. The van der Waals surface area contributed by atoms with E-state index in [1.807, 2.05) is 25.1 Å². The van der Waals surface area contributed by atoms with Crippen LogP contribution in [0.1, 0.15) is 11.1 Å². The van der Waals surface area contributed by atoms with Crippen LogP contribution >= 0.6 is 0 Å². The van der Waals surface area contributed by atoms with Gasteiger partial charge in [-0.15, -0.1) is 5.11 Å². The molecule has 0 spiro atoms. The minimum Gasteiger partial charge on any atom is -0.505 e. The number of phenols is 1. The zero-order valence-electron chi connectivity index (χ0n) is 20.4. The number of nitrogens with zero attached hydrogens (tertiary/aromatic N) is 2. The molecule has 0 saturated heterocycles. The Morgan fingerprint density at radius 1 is 0.795 bits per heavy atom. The van der Waals surface area contributed by atoms with Crippen LogP contribution in [0.3, 0.4) is 0 Å². The minimum atomic E-state index is -5.02. The lowest BCUT2D eigenvalue weighted by Crippen LogP contribution is -2.08. The maximum atomic E-state index is 11.9. The Bertz CT molecular complexity index is 1900. The molecule has 4 aromatic rings. The summed E-state index contributed by atoms with van der Waals surface area (Å²) in [7, 11) is -9.99. The van der Waals surface area contributed by atoms with E-state index in [1.165, 1.54) is 6.07 Å². The number of anilines is 2. The van der Waals surface area contributed by atoms with Gasteiger partial charge in [0.25, 0.3) is 20.2 Å². The summed E-state index contributed by atoms with van der Waals surface area (Å²) in [5.41, 5.74) is 9.56. The van der Waals surface area contributed by atoms with E-state index in [1.54, 1.807) is 25.1 Å². The quantitative estimate of drug-likeness (QED) is 0.0885. The molecule has 4 aromatic carbocycles. The standard InChI is InChI=1S/C25H22N4O8S2/c1-13-9-15(3-6-18(13)27-12-30)16-4-7-19(14(2)10-16)28-29-20-8-5-17-21(38(32,33)34)11-22(39(35,36)37)24(26)23(17)25(20)31/h3-12,31H,26H2,1-2H3,(H,27,30)(H,32,33,34)(H,35,36,37). The van der Waals surface area contributed by atoms with Gasteiger partial charge in [-0.05, 0) is 72.5 Å². The monoisotopic (exact) mass is 570 g/mol. The summed E-state index contributed by atoms with van der Waals surface area (Å²) in [6.07, 6.45) is 0.606. The molecule has 0 aliphatic carbocycles. The lowest BCUT2D eigenvalue weighted by Gasteiger charge is -2.13. The zero-order valence-corrected chi connectivity index (χ0v) is 22.1. The number of phenolic OH excluding ortho intramolecular Hbond substituents is 1. The highest BCUT2D eigenvalue weighted by Gasteiger charge is 2.26. The van der Waals surface area contributed by atoms with E-state index < -0.39 is 46.9 Å². The smallest absolute Gasteiger partial charge is 0.296 e. The molecule has 202 valence electrons. The largest absolute Gasteiger partial charge is 0.505 e. The molecule has 0 heterocycles. The van der Waals surface area contributed by atoms with Crippen LogP contribution in [0.25, 0.3) is 21.9 Å². The van der Waals surface area contributed by atoms with E-state index in [0.29, 0.717) is 23.9 Å². The highest BCUT2D eigenvalue weighted by atomic mass is 32.2. The second-order valence-electron chi connectivity index (χ2n) is 8.59. The summed E-state index contributed by atoms with van der Waals surface area (Å²) in [5.74, 6) is -0.710. The average Bonchev–Trinajstić information content (AvgIpc) is 2.84. The van der Waals surface area contributed by atoms with Gasteiger partial charge in [0.1, 0.15) is 15.5 Å². The Balaban J connectivity index is 1.77. The van der Waals surface area contributed by atoms with Crippen LogP contribution in [-0.2, 0) is 25.0 Å². The summed E-state index contributed by atoms with van der Waals surface area (Å²) in [6.45, 7) is 3.66. The number of hydrogen-bond acceptors (Lipinski definition) is 9. The van der Waals surface area contributed by atoms with Crippen LogP contribution in [-0.4, -0.2) is 37.5 Å². The fraction of sp³-hybridized carbons (Fsp3) is 0.0800. The second kappa shape index (κ2) is 10.1. The van der Waals surface area contributed by atoms with E-state index in [4.69, 9.17) is 5.73 Å². The molecule has 0 atom stereocenters. The van der Waals surface area contributed by atoms with Gasteiger partial charge in [-0.1, -0.05) is 18.2 Å². The van der Waals surface area contributed by atoms with Crippen molar-refractivity contribution in [3.63, 3.8) is 0 Å². The number of azo groups is 1. The normalized spacial score (nSPS) is 12.2. The number of fused-ring (bicyclic) bond motifs is 1. The number of aryl methyl sites for hydroxylation is 2. The van der Waals surface area contributed by atoms with Crippen LogP contribution in [0, 0.1) is 13.8 Å². The van der Waals surface area contributed by atoms with Crippen molar-refractivity contribution < 1.29 is 35.8 Å². The van der Waals surface area contributed by atoms with Gasteiger partial charge in [-0.25, -0.2) is 0 Å². The van der Waals surface area contributed by atoms with E-state index in [0.717, 1.165) is 28.3 Å². The lowest BCUT2D eigenvalue weighted by atomic mass is 10.00. The van der Waals surface area contributed by atoms with E-state index in [-0.39, 0.29) is 11.1 Å². The van der Waals surface area contributed by atoms with Gasteiger partial charge in [-0.3, -0.25) is 13.9 Å². The number of carbonyl (C=O) groups is 1. The molecule has 0 saturated carbocycles. The number of aromatic hydroxyl groups is 1. The van der Waals surface area contributed by atoms with Crippen LogP contribution in [0.15, 0.2) is 74.6 Å². The number of nitrogen functional groups attached to an aromatic ring is 1. The molecule has 0 bridgehead atoms. The van der Waals surface area contributed by atoms with Crippen molar-refractivity contribution in [2.24, 2.45) is 10.2 Å². The van der Waals surface area contributed by atoms with E-state index >= 15 is 0 Å². The Hall–Kier alpha value is -4.37. The van der Waals surface area contributed by atoms with Crippen LogP contribution < -0.4 is 11.1 Å².